The molecule has 0 bridgehead atoms. The zero-order chi connectivity index (χ0) is 19.3. The molecular weight excluding hydrogens is 348 g/mol. The van der Waals surface area contributed by atoms with Crippen LogP contribution in [0.5, 0.6) is 0 Å². The number of nitrogens with zero attached hydrogens (tertiary/aromatic N) is 1. The lowest BCUT2D eigenvalue weighted by Gasteiger charge is -2.23. The van der Waals surface area contributed by atoms with Gasteiger partial charge in [0.05, 0.1) is 13.0 Å². The van der Waals surface area contributed by atoms with Crippen LogP contribution in [0.4, 0.5) is 0 Å². The van der Waals surface area contributed by atoms with Gasteiger partial charge in [0, 0.05) is 12.6 Å². The first kappa shape index (κ1) is 18.2. The van der Waals surface area contributed by atoms with Crippen LogP contribution in [-0.2, 0) is 22.6 Å². The molecule has 2 amide bonds. The molecule has 4 rings (SSSR count). The van der Waals surface area contributed by atoms with Gasteiger partial charge in [0.15, 0.2) is 0 Å². The maximum Gasteiger partial charge on any atom is 0.242 e. The largest absolute Gasteiger partial charge is 0.347 e. The van der Waals surface area contributed by atoms with Gasteiger partial charge in [-0.25, -0.2) is 0 Å². The first-order valence-corrected chi connectivity index (χ1v) is 9.77. The molecule has 0 radical (unpaired) electrons. The van der Waals surface area contributed by atoms with Crippen molar-refractivity contribution in [2.45, 2.75) is 31.8 Å². The van der Waals surface area contributed by atoms with Crippen molar-refractivity contribution in [2.75, 3.05) is 6.54 Å². The van der Waals surface area contributed by atoms with Gasteiger partial charge in [-0.2, -0.15) is 0 Å². The fraction of sp³-hybridized carbons (Fsp3) is 0.250. The van der Waals surface area contributed by atoms with E-state index in [2.05, 4.69) is 5.32 Å². The van der Waals surface area contributed by atoms with E-state index in [1.165, 1.54) is 0 Å². The van der Waals surface area contributed by atoms with Crippen LogP contribution in [0.25, 0.3) is 10.8 Å². The molecule has 1 aliphatic carbocycles. The van der Waals surface area contributed by atoms with Crippen LogP contribution in [-0.4, -0.2) is 29.3 Å². The molecule has 0 atom stereocenters. The molecule has 0 heterocycles. The summed E-state index contributed by atoms with van der Waals surface area (Å²) < 4.78 is 0. The lowest BCUT2D eigenvalue weighted by molar-refractivity contribution is -0.133. The average molecular weight is 372 g/mol. The first-order valence-electron chi connectivity index (χ1n) is 9.77. The third kappa shape index (κ3) is 4.39. The summed E-state index contributed by atoms with van der Waals surface area (Å²) in [5, 5.41) is 5.01. The Bertz CT molecular complexity index is 975. The van der Waals surface area contributed by atoms with Crippen molar-refractivity contribution in [3.8, 4) is 0 Å². The number of rotatable bonds is 7. The molecule has 142 valence electrons. The van der Waals surface area contributed by atoms with E-state index in [1.54, 1.807) is 0 Å². The van der Waals surface area contributed by atoms with Gasteiger partial charge in [-0.1, -0.05) is 72.8 Å². The first-order chi connectivity index (χ1) is 13.7. The highest BCUT2D eigenvalue weighted by atomic mass is 16.2. The summed E-state index contributed by atoms with van der Waals surface area (Å²) in [6, 6.07) is 24.3. The second-order valence-electron chi connectivity index (χ2n) is 7.33. The Balaban J connectivity index is 1.36. The third-order valence-electron chi connectivity index (χ3n) is 5.17. The predicted molar refractivity (Wildman–Crippen MR) is 111 cm³/mol. The Labute approximate surface area is 165 Å². The van der Waals surface area contributed by atoms with E-state index in [4.69, 9.17) is 0 Å². The van der Waals surface area contributed by atoms with Gasteiger partial charge >= 0.3 is 0 Å². The number of carbonyl (C=O) groups is 2. The van der Waals surface area contributed by atoms with Crippen molar-refractivity contribution in [1.82, 2.24) is 10.2 Å². The highest BCUT2D eigenvalue weighted by Gasteiger charge is 2.32. The standard InChI is InChI=1S/C24H24N2O2/c27-23(15-20-11-6-10-19-9-4-5-12-22(19)20)25-16-24(28)26(21-13-14-21)17-18-7-2-1-3-8-18/h1-12,21H,13-17H2,(H,25,27). The number of nitrogens with one attached hydrogen (secondary N) is 1. The van der Waals surface area contributed by atoms with Crippen LogP contribution in [0, 0.1) is 0 Å². The van der Waals surface area contributed by atoms with Crippen LogP contribution in [0.3, 0.4) is 0 Å². The monoisotopic (exact) mass is 372 g/mol. The van der Waals surface area contributed by atoms with Gasteiger partial charge in [-0.3, -0.25) is 9.59 Å². The smallest absolute Gasteiger partial charge is 0.242 e. The highest BCUT2D eigenvalue weighted by Crippen LogP contribution is 2.28. The average Bonchev–Trinajstić information content (AvgIpc) is 3.56. The molecule has 1 aliphatic rings. The Morgan fingerprint density at radius 1 is 0.893 bits per heavy atom. The summed E-state index contributed by atoms with van der Waals surface area (Å²) in [6.45, 7) is 0.649. The van der Waals surface area contributed by atoms with Crippen LogP contribution < -0.4 is 5.32 Å². The maximum atomic E-state index is 12.7. The van der Waals surface area contributed by atoms with Gasteiger partial charge in [0.2, 0.25) is 11.8 Å². The van der Waals surface area contributed by atoms with Gasteiger partial charge in [0.25, 0.3) is 0 Å². The van der Waals surface area contributed by atoms with E-state index in [0.29, 0.717) is 12.6 Å². The third-order valence-corrected chi connectivity index (χ3v) is 5.17. The number of benzene rings is 3. The second kappa shape index (κ2) is 8.26. The molecule has 3 aromatic rings. The molecule has 1 fully saturated rings. The minimum absolute atomic E-state index is 0.0161. The van der Waals surface area contributed by atoms with E-state index in [1.807, 2.05) is 77.7 Å². The Morgan fingerprint density at radius 2 is 1.61 bits per heavy atom. The zero-order valence-corrected chi connectivity index (χ0v) is 15.8. The highest BCUT2D eigenvalue weighted by molar-refractivity contribution is 5.91. The van der Waals surface area contributed by atoms with Gasteiger partial charge < -0.3 is 10.2 Å². The molecule has 28 heavy (non-hydrogen) atoms. The molecule has 0 unspecified atom stereocenters. The van der Waals surface area contributed by atoms with E-state index in [0.717, 1.165) is 34.7 Å². The Morgan fingerprint density at radius 3 is 2.39 bits per heavy atom. The summed E-state index contributed by atoms with van der Waals surface area (Å²) in [6.07, 6.45) is 2.36. The van der Waals surface area contributed by atoms with Crippen molar-refractivity contribution in [2.24, 2.45) is 0 Å². The molecular formula is C24H24N2O2. The molecule has 4 heteroatoms. The summed E-state index contributed by atoms with van der Waals surface area (Å²) in [5.41, 5.74) is 2.09. The zero-order valence-electron chi connectivity index (χ0n) is 15.8. The topological polar surface area (TPSA) is 49.4 Å². The molecule has 0 saturated heterocycles. The van der Waals surface area contributed by atoms with Crippen molar-refractivity contribution in [1.29, 1.82) is 0 Å². The second-order valence-corrected chi connectivity index (χ2v) is 7.33. The number of hydrogen-bond acceptors (Lipinski definition) is 2. The van der Waals surface area contributed by atoms with Crippen molar-refractivity contribution in [3.63, 3.8) is 0 Å². The molecule has 1 saturated carbocycles. The van der Waals surface area contributed by atoms with E-state index in [9.17, 15) is 9.59 Å². The maximum absolute atomic E-state index is 12.7. The van der Waals surface area contributed by atoms with Crippen molar-refractivity contribution >= 4 is 22.6 Å². The SMILES string of the molecule is O=C(Cc1cccc2ccccc12)NCC(=O)N(Cc1ccccc1)C1CC1. The van der Waals surface area contributed by atoms with Gasteiger partial charge in [-0.05, 0) is 34.7 Å². The Hall–Kier alpha value is -3.14. The molecule has 3 aromatic carbocycles. The van der Waals surface area contributed by atoms with Crippen LogP contribution >= 0.6 is 0 Å². The summed E-state index contributed by atoms with van der Waals surface area (Å²) in [4.78, 5) is 27.1. The van der Waals surface area contributed by atoms with Gasteiger partial charge in [-0.15, -0.1) is 0 Å². The lowest BCUT2D eigenvalue weighted by atomic mass is 10.0. The fourth-order valence-electron chi connectivity index (χ4n) is 3.55. The number of fused-ring (bicyclic) bond motifs is 1. The van der Waals surface area contributed by atoms with E-state index >= 15 is 0 Å². The van der Waals surface area contributed by atoms with Crippen LogP contribution in [0.2, 0.25) is 0 Å². The van der Waals surface area contributed by atoms with E-state index in [-0.39, 0.29) is 24.8 Å². The van der Waals surface area contributed by atoms with Crippen LogP contribution in [0.1, 0.15) is 24.0 Å². The molecule has 1 N–H and O–H groups in total. The van der Waals surface area contributed by atoms with Crippen molar-refractivity contribution < 1.29 is 9.59 Å². The van der Waals surface area contributed by atoms with Gasteiger partial charge in [0.1, 0.15) is 0 Å². The molecule has 0 aliphatic heterocycles. The minimum atomic E-state index is -0.125. The quantitative estimate of drug-likeness (QED) is 0.688. The number of amides is 2. The molecule has 4 nitrogen and oxygen atoms in total. The number of carbonyl (C=O) groups excluding carboxylic acids is 2. The molecule has 0 aromatic heterocycles. The minimum Gasteiger partial charge on any atom is -0.347 e. The lowest BCUT2D eigenvalue weighted by Crippen LogP contribution is -2.41. The predicted octanol–water partition coefficient (Wildman–Crippen LogP) is 3.69. The molecule has 0 spiro atoms. The summed E-state index contributed by atoms with van der Waals surface area (Å²) >= 11 is 0. The number of hydrogen-bond donors (Lipinski definition) is 1. The normalized spacial score (nSPS) is 13.3. The summed E-state index contributed by atoms with van der Waals surface area (Å²) in [7, 11) is 0. The Kier molecular flexibility index (Phi) is 5.38. The van der Waals surface area contributed by atoms with Crippen molar-refractivity contribution in [3.05, 3.63) is 83.9 Å². The summed E-state index contributed by atoms with van der Waals surface area (Å²) in [5.74, 6) is -0.141. The van der Waals surface area contributed by atoms with E-state index < -0.39 is 0 Å². The van der Waals surface area contributed by atoms with Crippen LogP contribution in [0.15, 0.2) is 72.8 Å². The fourth-order valence-corrected chi connectivity index (χ4v) is 3.55.